The van der Waals surface area contributed by atoms with E-state index < -0.39 is 27.7 Å². The first kappa shape index (κ1) is 23.6. The van der Waals surface area contributed by atoms with E-state index in [-0.39, 0.29) is 29.4 Å². The van der Waals surface area contributed by atoms with E-state index in [4.69, 9.17) is 0 Å². The van der Waals surface area contributed by atoms with Crippen LogP contribution in [0.15, 0.2) is 47.5 Å². The normalized spacial score (nSPS) is 12.1. The van der Waals surface area contributed by atoms with Crippen molar-refractivity contribution in [1.29, 1.82) is 0 Å². The Morgan fingerprint density at radius 1 is 1.10 bits per heavy atom. The number of nitrogens with one attached hydrogen (secondary N) is 2. The molecule has 0 aliphatic carbocycles. The van der Waals surface area contributed by atoms with Crippen LogP contribution < -0.4 is 10.6 Å². The molecule has 0 spiro atoms. The number of amides is 1. The summed E-state index contributed by atoms with van der Waals surface area (Å²) in [6, 6.07) is 7.86. The zero-order chi connectivity index (χ0) is 22.4. The van der Waals surface area contributed by atoms with Gasteiger partial charge in [-0.25, -0.2) is 13.4 Å². The van der Waals surface area contributed by atoms with E-state index in [1.807, 2.05) is 0 Å². The van der Waals surface area contributed by atoms with E-state index in [1.54, 1.807) is 13.8 Å². The van der Waals surface area contributed by atoms with Crippen molar-refractivity contribution in [2.75, 3.05) is 31.5 Å². The maximum Gasteiger partial charge on any atom is 0.417 e. The number of benzene rings is 1. The monoisotopic (exact) mass is 444 g/mol. The topological polar surface area (TPSA) is 91.4 Å². The molecule has 0 radical (unpaired) electrons. The van der Waals surface area contributed by atoms with Crippen LogP contribution in [0.25, 0.3) is 0 Å². The molecule has 1 aromatic heterocycles. The summed E-state index contributed by atoms with van der Waals surface area (Å²) in [6.45, 7) is 4.49. The van der Waals surface area contributed by atoms with Crippen molar-refractivity contribution in [3.63, 3.8) is 0 Å². The van der Waals surface area contributed by atoms with E-state index >= 15 is 0 Å². The Labute approximate surface area is 173 Å². The SMILES string of the molecule is CCN(CC)S(=O)(=O)c1cccc(C(=O)NCCNc2ccc(C(F)(F)F)cn2)c1. The van der Waals surface area contributed by atoms with E-state index in [2.05, 4.69) is 15.6 Å². The summed E-state index contributed by atoms with van der Waals surface area (Å²) in [6.07, 6.45) is -3.73. The third kappa shape index (κ3) is 5.92. The summed E-state index contributed by atoms with van der Waals surface area (Å²) in [4.78, 5) is 16.0. The molecule has 164 valence electrons. The van der Waals surface area contributed by atoms with Gasteiger partial charge in [0.1, 0.15) is 5.82 Å². The van der Waals surface area contributed by atoms with Crippen molar-refractivity contribution < 1.29 is 26.4 Å². The fourth-order valence-electron chi connectivity index (χ4n) is 2.65. The summed E-state index contributed by atoms with van der Waals surface area (Å²) >= 11 is 0. The first-order valence-electron chi connectivity index (χ1n) is 9.25. The number of halogens is 3. The lowest BCUT2D eigenvalue weighted by Gasteiger charge is -2.18. The molecule has 0 bridgehead atoms. The zero-order valence-corrected chi connectivity index (χ0v) is 17.3. The standard InChI is InChI=1S/C19H23F3N4O3S/c1-3-26(4-2)30(28,29)16-7-5-6-14(12-16)18(27)24-11-10-23-17-9-8-15(13-25-17)19(20,21)22/h5-9,12-13H,3-4,10-11H2,1-2H3,(H,23,25)(H,24,27). The van der Waals surface area contributed by atoms with Crippen LogP contribution in [0.2, 0.25) is 0 Å². The van der Waals surface area contributed by atoms with Gasteiger partial charge < -0.3 is 10.6 Å². The van der Waals surface area contributed by atoms with Gasteiger partial charge in [-0.1, -0.05) is 19.9 Å². The summed E-state index contributed by atoms with van der Waals surface area (Å²) in [5.74, 6) is -0.224. The minimum atomic E-state index is -4.45. The molecule has 2 rings (SSSR count). The number of hydrogen-bond donors (Lipinski definition) is 2. The number of hydrogen-bond acceptors (Lipinski definition) is 5. The van der Waals surface area contributed by atoms with Crippen LogP contribution in [0.3, 0.4) is 0 Å². The van der Waals surface area contributed by atoms with Gasteiger partial charge in [-0.05, 0) is 30.3 Å². The van der Waals surface area contributed by atoms with Crippen LogP contribution in [0, 0.1) is 0 Å². The van der Waals surface area contributed by atoms with Crippen LogP contribution in [-0.4, -0.2) is 49.8 Å². The van der Waals surface area contributed by atoms with Gasteiger partial charge in [0.15, 0.2) is 0 Å². The molecule has 2 N–H and O–H groups in total. The van der Waals surface area contributed by atoms with Gasteiger partial charge in [0.2, 0.25) is 10.0 Å². The molecule has 30 heavy (non-hydrogen) atoms. The molecule has 0 unspecified atom stereocenters. The molecule has 1 heterocycles. The number of pyridine rings is 1. The second kappa shape index (κ2) is 9.90. The average molecular weight is 444 g/mol. The molecule has 1 aromatic carbocycles. The summed E-state index contributed by atoms with van der Waals surface area (Å²) in [5.41, 5.74) is -0.656. The summed E-state index contributed by atoms with van der Waals surface area (Å²) < 4.78 is 64.0. The minimum absolute atomic E-state index is 0.0333. The Kier molecular flexibility index (Phi) is 7.79. The van der Waals surface area contributed by atoms with E-state index in [1.165, 1.54) is 34.6 Å². The highest BCUT2D eigenvalue weighted by molar-refractivity contribution is 7.89. The molecule has 11 heteroatoms. The number of anilines is 1. The van der Waals surface area contributed by atoms with Gasteiger partial charge in [-0.15, -0.1) is 0 Å². The molecule has 0 atom stereocenters. The van der Waals surface area contributed by atoms with Crippen LogP contribution >= 0.6 is 0 Å². The maximum absolute atomic E-state index is 12.6. The van der Waals surface area contributed by atoms with Gasteiger partial charge in [-0.2, -0.15) is 17.5 Å². The van der Waals surface area contributed by atoms with Gasteiger partial charge in [0.05, 0.1) is 10.5 Å². The van der Waals surface area contributed by atoms with Crippen LogP contribution in [-0.2, 0) is 16.2 Å². The Hall–Kier alpha value is -2.66. The Morgan fingerprint density at radius 2 is 1.80 bits per heavy atom. The van der Waals surface area contributed by atoms with Gasteiger partial charge in [-0.3, -0.25) is 4.79 Å². The minimum Gasteiger partial charge on any atom is -0.368 e. The highest BCUT2D eigenvalue weighted by Crippen LogP contribution is 2.28. The number of aromatic nitrogens is 1. The highest BCUT2D eigenvalue weighted by atomic mass is 32.2. The number of sulfonamides is 1. The first-order valence-corrected chi connectivity index (χ1v) is 10.7. The van der Waals surface area contributed by atoms with Gasteiger partial charge in [0.25, 0.3) is 5.91 Å². The number of carbonyl (C=O) groups excluding carboxylic acids is 1. The lowest BCUT2D eigenvalue weighted by molar-refractivity contribution is -0.137. The van der Waals surface area contributed by atoms with Crippen molar-refractivity contribution in [3.05, 3.63) is 53.7 Å². The van der Waals surface area contributed by atoms with Crippen molar-refractivity contribution in [1.82, 2.24) is 14.6 Å². The largest absolute Gasteiger partial charge is 0.417 e. The number of rotatable bonds is 9. The van der Waals surface area contributed by atoms with Crippen molar-refractivity contribution in [3.8, 4) is 0 Å². The lowest BCUT2D eigenvalue weighted by Crippen LogP contribution is -2.31. The zero-order valence-electron chi connectivity index (χ0n) is 16.5. The quantitative estimate of drug-likeness (QED) is 0.581. The molecule has 7 nitrogen and oxygen atoms in total. The molecule has 0 aliphatic heterocycles. The van der Waals surface area contributed by atoms with Crippen LogP contribution in [0.4, 0.5) is 19.0 Å². The molecular formula is C19H23F3N4O3S. The van der Waals surface area contributed by atoms with E-state index in [0.717, 1.165) is 12.3 Å². The van der Waals surface area contributed by atoms with Gasteiger partial charge in [0, 0.05) is 37.9 Å². The Balaban J connectivity index is 1.93. The fraction of sp³-hybridized carbons (Fsp3) is 0.368. The van der Waals surface area contributed by atoms with E-state index in [9.17, 15) is 26.4 Å². The predicted octanol–water partition coefficient (Wildman–Crippen LogP) is 2.97. The Morgan fingerprint density at radius 3 is 2.37 bits per heavy atom. The third-order valence-corrected chi connectivity index (χ3v) is 6.29. The number of carbonyl (C=O) groups is 1. The molecule has 1 amide bonds. The summed E-state index contributed by atoms with van der Waals surface area (Å²) in [5, 5.41) is 5.42. The molecular weight excluding hydrogens is 421 g/mol. The molecule has 0 aliphatic rings. The third-order valence-electron chi connectivity index (χ3n) is 4.25. The van der Waals surface area contributed by atoms with E-state index in [0.29, 0.717) is 13.1 Å². The fourth-order valence-corrected chi connectivity index (χ4v) is 4.15. The van der Waals surface area contributed by atoms with Crippen molar-refractivity contribution in [2.45, 2.75) is 24.9 Å². The Bertz CT molecular complexity index is 960. The highest BCUT2D eigenvalue weighted by Gasteiger charge is 2.30. The maximum atomic E-state index is 12.6. The van der Waals surface area contributed by atoms with Gasteiger partial charge >= 0.3 is 6.18 Å². The summed E-state index contributed by atoms with van der Waals surface area (Å²) in [7, 11) is -3.68. The number of nitrogens with zero attached hydrogens (tertiary/aromatic N) is 2. The molecule has 2 aromatic rings. The molecule has 0 saturated heterocycles. The second-order valence-corrected chi connectivity index (χ2v) is 8.17. The lowest BCUT2D eigenvalue weighted by atomic mass is 10.2. The molecule has 0 saturated carbocycles. The number of alkyl halides is 3. The van der Waals surface area contributed by atoms with Crippen molar-refractivity contribution in [2.24, 2.45) is 0 Å². The van der Waals surface area contributed by atoms with Crippen molar-refractivity contribution >= 4 is 21.7 Å². The first-order chi connectivity index (χ1) is 14.1. The molecule has 0 fully saturated rings. The van der Waals surface area contributed by atoms with Crippen LogP contribution in [0.5, 0.6) is 0 Å². The average Bonchev–Trinajstić information content (AvgIpc) is 2.71. The smallest absolute Gasteiger partial charge is 0.368 e. The predicted molar refractivity (Wildman–Crippen MR) is 107 cm³/mol. The second-order valence-electron chi connectivity index (χ2n) is 6.23. The van der Waals surface area contributed by atoms with Crippen LogP contribution in [0.1, 0.15) is 29.8 Å².